The SMILES string of the molecule is COc1ccc(OC)c(CC(C(=O)O)c2cccc(N(C)C)c2)c1. The molecule has 1 unspecified atom stereocenters. The highest BCUT2D eigenvalue weighted by Gasteiger charge is 2.23. The molecule has 0 radical (unpaired) electrons. The second kappa shape index (κ2) is 7.73. The number of nitrogens with zero attached hydrogens (tertiary/aromatic N) is 1. The molecule has 0 aliphatic rings. The summed E-state index contributed by atoms with van der Waals surface area (Å²) in [5, 5.41) is 9.72. The van der Waals surface area contributed by atoms with Gasteiger partial charge in [0.25, 0.3) is 0 Å². The van der Waals surface area contributed by atoms with Gasteiger partial charge in [-0.1, -0.05) is 12.1 Å². The Morgan fingerprint density at radius 1 is 1.12 bits per heavy atom. The molecule has 1 N–H and O–H groups in total. The van der Waals surface area contributed by atoms with Crippen LogP contribution >= 0.6 is 0 Å². The van der Waals surface area contributed by atoms with E-state index in [2.05, 4.69) is 0 Å². The summed E-state index contributed by atoms with van der Waals surface area (Å²) < 4.78 is 10.6. The van der Waals surface area contributed by atoms with E-state index in [4.69, 9.17) is 9.47 Å². The minimum absolute atomic E-state index is 0.326. The first-order valence-corrected chi connectivity index (χ1v) is 7.67. The maximum Gasteiger partial charge on any atom is 0.311 e. The lowest BCUT2D eigenvalue weighted by molar-refractivity contribution is -0.138. The van der Waals surface area contributed by atoms with Gasteiger partial charge in [-0.25, -0.2) is 0 Å². The molecule has 0 aromatic heterocycles. The maximum absolute atomic E-state index is 11.9. The van der Waals surface area contributed by atoms with Crippen LogP contribution < -0.4 is 14.4 Å². The number of ether oxygens (including phenoxy) is 2. The summed E-state index contributed by atoms with van der Waals surface area (Å²) in [6, 6.07) is 13.0. The third-order valence-electron chi connectivity index (χ3n) is 4.00. The summed E-state index contributed by atoms with van der Waals surface area (Å²) in [7, 11) is 7.02. The fraction of sp³-hybridized carbons (Fsp3) is 0.316. The van der Waals surface area contributed by atoms with Gasteiger partial charge in [0.1, 0.15) is 11.5 Å². The molecule has 2 aromatic carbocycles. The molecule has 0 fully saturated rings. The zero-order chi connectivity index (χ0) is 17.7. The fourth-order valence-corrected chi connectivity index (χ4v) is 2.63. The smallest absolute Gasteiger partial charge is 0.311 e. The van der Waals surface area contributed by atoms with E-state index >= 15 is 0 Å². The summed E-state index contributed by atoms with van der Waals surface area (Å²) in [6.07, 6.45) is 0.326. The molecule has 5 heteroatoms. The van der Waals surface area contributed by atoms with E-state index in [-0.39, 0.29) is 0 Å². The lowest BCUT2D eigenvalue weighted by Gasteiger charge is -2.19. The van der Waals surface area contributed by atoms with Gasteiger partial charge in [0.2, 0.25) is 0 Å². The van der Waals surface area contributed by atoms with Gasteiger partial charge in [-0.05, 0) is 47.9 Å². The molecule has 2 rings (SSSR count). The van der Waals surface area contributed by atoms with E-state index in [1.165, 1.54) is 0 Å². The largest absolute Gasteiger partial charge is 0.497 e. The number of carboxylic acid groups (broad SMARTS) is 1. The van der Waals surface area contributed by atoms with Crippen LogP contribution in [0, 0.1) is 0 Å². The van der Waals surface area contributed by atoms with E-state index < -0.39 is 11.9 Å². The van der Waals surface area contributed by atoms with Crippen molar-refractivity contribution in [2.24, 2.45) is 0 Å². The molecule has 5 nitrogen and oxygen atoms in total. The van der Waals surface area contributed by atoms with Crippen molar-refractivity contribution < 1.29 is 19.4 Å². The number of hydrogen-bond donors (Lipinski definition) is 1. The lowest BCUT2D eigenvalue weighted by atomic mass is 9.91. The summed E-state index contributed by atoms with van der Waals surface area (Å²) in [6.45, 7) is 0. The molecular weight excluding hydrogens is 306 g/mol. The first kappa shape index (κ1) is 17.7. The van der Waals surface area contributed by atoms with Gasteiger partial charge < -0.3 is 19.5 Å². The van der Waals surface area contributed by atoms with Crippen LogP contribution in [0.1, 0.15) is 17.0 Å². The number of carbonyl (C=O) groups is 1. The van der Waals surface area contributed by atoms with Crippen molar-refractivity contribution in [3.8, 4) is 11.5 Å². The predicted molar refractivity (Wildman–Crippen MR) is 94.4 cm³/mol. The monoisotopic (exact) mass is 329 g/mol. The molecule has 0 saturated heterocycles. The second-order valence-electron chi connectivity index (χ2n) is 5.76. The zero-order valence-corrected chi connectivity index (χ0v) is 14.4. The van der Waals surface area contributed by atoms with Crippen molar-refractivity contribution in [1.29, 1.82) is 0 Å². The van der Waals surface area contributed by atoms with Crippen molar-refractivity contribution in [1.82, 2.24) is 0 Å². The average Bonchev–Trinajstić information content (AvgIpc) is 2.59. The van der Waals surface area contributed by atoms with Crippen molar-refractivity contribution in [3.05, 3.63) is 53.6 Å². The molecule has 0 saturated carbocycles. The van der Waals surface area contributed by atoms with Crippen LogP contribution in [0.25, 0.3) is 0 Å². The molecular formula is C19H23NO4. The molecule has 2 aromatic rings. The maximum atomic E-state index is 11.9. The minimum atomic E-state index is -0.865. The van der Waals surface area contributed by atoms with Crippen molar-refractivity contribution in [2.45, 2.75) is 12.3 Å². The van der Waals surface area contributed by atoms with Gasteiger partial charge in [-0.2, -0.15) is 0 Å². The number of rotatable bonds is 7. The van der Waals surface area contributed by atoms with Crippen LogP contribution in [0.2, 0.25) is 0 Å². The Hall–Kier alpha value is -2.69. The lowest BCUT2D eigenvalue weighted by Crippen LogP contribution is -2.16. The Kier molecular flexibility index (Phi) is 5.68. The van der Waals surface area contributed by atoms with E-state index in [1.807, 2.05) is 49.3 Å². The molecule has 0 spiro atoms. The third kappa shape index (κ3) is 3.98. The van der Waals surface area contributed by atoms with E-state index in [0.29, 0.717) is 17.9 Å². The summed E-state index contributed by atoms with van der Waals surface area (Å²) in [5.41, 5.74) is 2.54. The molecule has 0 aliphatic carbocycles. The first-order chi connectivity index (χ1) is 11.5. The number of carboxylic acids is 1. The number of aliphatic carboxylic acids is 1. The van der Waals surface area contributed by atoms with Gasteiger partial charge in [0.05, 0.1) is 20.1 Å². The number of hydrogen-bond acceptors (Lipinski definition) is 4. The van der Waals surface area contributed by atoms with E-state index in [9.17, 15) is 9.90 Å². The summed E-state index contributed by atoms with van der Waals surface area (Å²) >= 11 is 0. The zero-order valence-electron chi connectivity index (χ0n) is 14.4. The molecule has 0 aliphatic heterocycles. The molecule has 0 amide bonds. The number of benzene rings is 2. The molecule has 24 heavy (non-hydrogen) atoms. The third-order valence-corrected chi connectivity index (χ3v) is 4.00. The normalized spacial score (nSPS) is 11.7. The summed E-state index contributed by atoms with van der Waals surface area (Å²) in [4.78, 5) is 13.8. The Morgan fingerprint density at radius 2 is 1.88 bits per heavy atom. The fourth-order valence-electron chi connectivity index (χ4n) is 2.63. The minimum Gasteiger partial charge on any atom is -0.497 e. The molecule has 0 heterocycles. The van der Waals surface area contributed by atoms with Crippen LogP contribution in [-0.4, -0.2) is 39.4 Å². The standard InChI is InChI=1S/C19H23NO4/c1-20(2)15-7-5-6-13(10-15)17(19(21)22)12-14-11-16(23-3)8-9-18(14)24-4/h5-11,17H,12H2,1-4H3,(H,21,22). The number of methoxy groups -OCH3 is 2. The van der Waals surface area contributed by atoms with Gasteiger partial charge in [-0.3, -0.25) is 4.79 Å². The highest BCUT2D eigenvalue weighted by molar-refractivity contribution is 5.77. The molecule has 128 valence electrons. The van der Waals surface area contributed by atoms with Gasteiger partial charge >= 0.3 is 5.97 Å². The molecule has 0 bridgehead atoms. The van der Waals surface area contributed by atoms with Crippen LogP contribution in [0.5, 0.6) is 11.5 Å². The van der Waals surface area contributed by atoms with E-state index in [0.717, 1.165) is 16.8 Å². The van der Waals surface area contributed by atoms with Crippen LogP contribution in [-0.2, 0) is 11.2 Å². The Labute approximate surface area is 142 Å². The van der Waals surface area contributed by atoms with Crippen LogP contribution in [0.4, 0.5) is 5.69 Å². The topological polar surface area (TPSA) is 59.0 Å². The van der Waals surface area contributed by atoms with Crippen LogP contribution in [0.3, 0.4) is 0 Å². The van der Waals surface area contributed by atoms with Crippen molar-refractivity contribution in [3.63, 3.8) is 0 Å². The quantitative estimate of drug-likeness (QED) is 0.845. The Balaban J connectivity index is 2.39. The second-order valence-corrected chi connectivity index (χ2v) is 5.76. The first-order valence-electron chi connectivity index (χ1n) is 7.67. The Morgan fingerprint density at radius 3 is 2.46 bits per heavy atom. The highest BCUT2D eigenvalue weighted by Crippen LogP contribution is 2.31. The van der Waals surface area contributed by atoms with Gasteiger partial charge in [-0.15, -0.1) is 0 Å². The predicted octanol–water partition coefficient (Wildman–Crippen LogP) is 3.18. The van der Waals surface area contributed by atoms with Crippen molar-refractivity contribution in [2.75, 3.05) is 33.2 Å². The van der Waals surface area contributed by atoms with Crippen LogP contribution in [0.15, 0.2) is 42.5 Å². The average molecular weight is 329 g/mol. The van der Waals surface area contributed by atoms with Gasteiger partial charge in [0.15, 0.2) is 0 Å². The highest BCUT2D eigenvalue weighted by atomic mass is 16.5. The number of anilines is 1. The van der Waals surface area contributed by atoms with E-state index in [1.54, 1.807) is 26.4 Å². The van der Waals surface area contributed by atoms with Crippen molar-refractivity contribution >= 4 is 11.7 Å². The van der Waals surface area contributed by atoms with Gasteiger partial charge in [0, 0.05) is 19.8 Å². The summed E-state index contributed by atoms with van der Waals surface area (Å²) in [5.74, 6) is -0.190. The Bertz CT molecular complexity index is 712. The molecule has 1 atom stereocenters.